The summed E-state index contributed by atoms with van der Waals surface area (Å²) in [6.07, 6.45) is 1.73. The highest BCUT2D eigenvalue weighted by Gasteiger charge is 2.36. The lowest BCUT2D eigenvalue weighted by Gasteiger charge is -2.32. The smallest absolute Gasteiger partial charge is 0.326 e. The maximum absolute atomic E-state index is 12.1. The first-order valence-corrected chi connectivity index (χ1v) is 6.33. The van der Waals surface area contributed by atoms with Crippen LogP contribution in [-0.4, -0.2) is 46.0 Å². The van der Waals surface area contributed by atoms with Crippen molar-refractivity contribution in [2.24, 2.45) is 5.73 Å². The van der Waals surface area contributed by atoms with Gasteiger partial charge in [-0.15, -0.1) is 0 Å². The number of rotatable bonds is 5. The minimum atomic E-state index is -1.16. The third-order valence-corrected chi connectivity index (χ3v) is 3.42. The van der Waals surface area contributed by atoms with Gasteiger partial charge in [0.1, 0.15) is 6.04 Å². The van der Waals surface area contributed by atoms with E-state index in [1.807, 2.05) is 13.8 Å². The molecule has 0 saturated carbocycles. The number of primary amides is 1. The number of carboxylic acid groups (broad SMARTS) is 1. The van der Waals surface area contributed by atoms with E-state index in [1.54, 1.807) is 4.90 Å². The normalized spacial score (nSPS) is 18.9. The van der Waals surface area contributed by atoms with Gasteiger partial charge in [-0.3, -0.25) is 4.79 Å². The minimum absolute atomic E-state index is 0.00464. The fourth-order valence-corrected chi connectivity index (χ4v) is 2.25. The summed E-state index contributed by atoms with van der Waals surface area (Å²) in [5.74, 6) is -1.74. The average molecular weight is 271 g/mol. The van der Waals surface area contributed by atoms with E-state index in [2.05, 4.69) is 5.32 Å². The molecule has 0 aliphatic carbocycles. The van der Waals surface area contributed by atoms with Crippen LogP contribution in [0.15, 0.2) is 0 Å². The first-order chi connectivity index (χ1) is 8.74. The summed E-state index contributed by atoms with van der Waals surface area (Å²) in [4.78, 5) is 35.4. The molecule has 1 fully saturated rings. The van der Waals surface area contributed by atoms with Crippen LogP contribution in [0.4, 0.5) is 4.79 Å². The van der Waals surface area contributed by atoms with Crippen LogP contribution in [0.25, 0.3) is 0 Å². The Kier molecular flexibility index (Phi) is 4.74. The molecule has 1 aliphatic rings. The zero-order valence-electron chi connectivity index (χ0n) is 11.3. The molecular weight excluding hydrogens is 250 g/mol. The van der Waals surface area contributed by atoms with Gasteiger partial charge in [-0.2, -0.15) is 0 Å². The van der Waals surface area contributed by atoms with Gasteiger partial charge in [0, 0.05) is 18.5 Å². The average Bonchev–Trinajstić information content (AvgIpc) is 2.63. The predicted molar refractivity (Wildman–Crippen MR) is 68.4 cm³/mol. The summed E-state index contributed by atoms with van der Waals surface area (Å²) >= 11 is 0. The Labute approximate surface area is 112 Å². The van der Waals surface area contributed by atoms with Gasteiger partial charge in [-0.1, -0.05) is 0 Å². The summed E-state index contributed by atoms with van der Waals surface area (Å²) in [6, 6.07) is -1.49. The molecule has 1 heterocycles. The lowest BCUT2D eigenvalue weighted by atomic mass is 10.0. The van der Waals surface area contributed by atoms with Crippen molar-refractivity contribution in [2.75, 3.05) is 6.54 Å². The molecule has 1 rings (SSSR count). The number of hydrogen-bond donors (Lipinski definition) is 3. The SMILES string of the molecule is CC1(C)CCCN1C(=O)N[C@@H](CCC(N)=O)C(=O)O. The zero-order chi connectivity index (χ0) is 14.6. The number of aliphatic carboxylic acids is 1. The number of nitrogens with zero attached hydrogens (tertiary/aromatic N) is 1. The molecule has 0 aromatic carbocycles. The van der Waals surface area contributed by atoms with E-state index >= 15 is 0 Å². The van der Waals surface area contributed by atoms with E-state index in [0.29, 0.717) is 6.54 Å². The summed E-state index contributed by atoms with van der Waals surface area (Å²) in [5.41, 5.74) is 4.71. The quantitative estimate of drug-likeness (QED) is 0.667. The molecule has 7 nitrogen and oxygen atoms in total. The third-order valence-electron chi connectivity index (χ3n) is 3.42. The molecule has 0 bridgehead atoms. The van der Waals surface area contributed by atoms with Gasteiger partial charge in [0.15, 0.2) is 0 Å². The summed E-state index contributed by atoms with van der Waals surface area (Å²) < 4.78 is 0. The zero-order valence-corrected chi connectivity index (χ0v) is 11.3. The molecule has 0 radical (unpaired) electrons. The van der Waals surface area contributed by atoms with E-state index in [4.69, 9.17) is 10.8 Å². The molecule has 0 aromatic rings. The Balaban J connectivity index is 2.61. The van der Waals surface area contributed by atoms with Crippen molar-refractivity contribution in [3.63, 3.8) is 0 Å². The van der Waals surface area contributed by atoms with Crippen molar-refractivity contribution in [3.05, 3.63) is 0 Å². The van der Waals surface area contributed by atoms with Crippen molar-refractivity contribution in [3.8, 4) is 0 Å². The predicted octanol–water partition coefficient (Wildman–Crippen LogP) is 0.289. The van der Waals surface area contributed by atoms with E-state index in [-0.39, 0.29) is 18.4 Å². The van der Waals surface area contributed by atoms with Crippen molar-refractivity contribution < 1.29 is 19.5 Å². The summed E-state index contributed by atoms with van der Waals surface area (Å²) in [6.45, 7) is 4.50. The Hall–Kier alpha value is -1.79. The van der Waals surface area contributed by atoms with Gasteiger partial charge in [0.05, 0.1) is 0 Å². The van der Waals surface area contributed by atoms with Crippen molar-refractivity contribution in [2.45, 2.75) is 51.1 Å². The molecule has 1 aliphatic heterocycles. The Bertz CT molecular complexity index is 381. The fourth-order valence-electron chi connectivity index (χ4n) is 2.25. The fraction of sp³-hybridized carbons (Fsp3) is 0.750. The third kappa shape index (κ3) is 4.11. The monoisotopic (exact) mass is 271 g/mol. The van der Waals surface area contributed by atoms with Crippen LogP contribution in [0.5, 0.6) is 0 Å². The Morgan fingerprint density at radius 1 is 1.42 bits per heavy atom. The van der Waals surface area contributed by atoms with E-state index < -0.39 is 23.9 Å². The molecule has 7 heteroatoms. The van der Waals surface area contributed by atoms with Gasteiger partial charge in [0.25, 0.3) is 0 Å². The van der Waals surface area contributed by atoms with Crippen molar-refractivity contribution in [1.82, 2.24) is 10.2 Å². The highest BCUT2D eigenvalue weighted by molar-refractivity contribution is 5.84. The molecule has 1 atom stereocenters. The summed E-state index contributed by atoms with van der Waals surface area (Å²) in [7, 11) is 0. The standard InChI is InChI=1S/C12H21N3O4/c1-12(2)6-3-7-15(12)11(19)14-8(10(17)18)4-5-9(13)16/h8H,3-7H2,1-2H3,(H2,13,16)(H,14,19)(H,17,18)/t8-/m0/s1. The second-order valence-corrected chi connectivity index (χ2v) is 5.41. The number of amides is 3. The van der Waals surface area contributed by atoms with Crippen LogP contribution in [0, 0.1) is 0 Å². The Morgan fingerprint density at radius 2 is 2.05 bits per heavy atom. The molecule has 1 saturated heterocycles. The van der Waals surface area contributed by atoms with Crippen LogP contribution in [0.2, 0.25) is 0 Å². The van der Waals surface area contributed by atoms with Crippen LogP contribution < -0.4 is 11.1 Å². The molecule has 0 unspecified atom stereocenters. The second-order valence-electron chi connectivity index (χ2n) is 5.41. The van der Waals surface area contributed by atoms with Gasteiger partial charge < -0.3 is 21.1 Å². The maximum atomic E-state index is 12.1. The van der Waals surface area contributed by atoms with E-state index in [9.17, 15) is 14.4 Å². The van der Waals surface area contributed by atoms with Crippen molar-refractivity contribution in [1.29, 1.82) is 0 Å². The van der Waals surface area contributed by atoms with Gasteiger partial charge in [-0.25, -0.2) is 9.59 Å². The van der Waals surface area contributed by atoms with Gasteiger partial charge >= 0.3 is 12.0 Å². The Morgan fingerprint density at radius 3 is 2.47 bits per heavy atom. The van der Waals surface area contributed by atoms with Crippen LogP contribution >= 0.6 is 0 Å². The highest BCUT2D eigenvalue weighted by atomic mass is 16.4. The van der Waals surface area contributed by atoms with Gasteiger partial charge in [-0.05, 0) is 33.1 Å². The number of nitrogens with one attached hydrogen (secondary N) is 1. The number of carbonyl (C=O) groups is 3. The summed E-state index contributed by atoms with van der Waals surface area (Å²) in [5, 5.41) is 11.5. The van der Waals surface area contributed by atoms with Crippen molar-refractivity contribution >= 4 is 17.9 Å². The highest BCUT2D eigenvalue weighted by Crippen LogP contribution is 2.28. The molecule has 4 N–H and O–H groups in total. The number of likely N-dealkylation sites (tertiary alicyclic amines) is 1. The maximum Gasteiger partial charge on any atom is 0.326 e. The second kappa shape index (κ2) is 5.90. The number of carbonyl (C=O) groups excluding carboxylic acids is 2. The lowest BCUT2D eigenvalue weighted by Crippen LogP contribution is -2.52. The van der Waals surface area contributed by atoms with Crippen LogP contribution in [-0.2, 0) is 9.59 Å². The first kappa shape index (κ1) is 15.3. The number of carboxylic acids is 1. The first-order valence-electron chi connectivity index (χ1n) is 6.33. The molecular formula is C12H21N3O4. The molecule has 19 heavy (non-hydrogen) atoms. The van der Waals surface area contributed by atoms with Gasteiger partial charge in [0.2, 0.25) is 5.91 Å². The number of hydrogen-bond acceptors (Lipinski definition) is 3. The topological polar surface area (TPSA) is 113 Å². The molecule has 3 amide bonds. The molecule has 0 spiro atoms. The minimum Gasteiger partial charge on any atom is -0.480 e. The number of urea groups is 1. The largest absolute Gasteiger partial charge is 0.480 e. The molecule has 108 valence electrons. The van der Waals surface area contributed by atoms with Crippen LogP contribution in [0.1, 0.15) is 39.5 Å². The van der Waals surface area contributed by atoms with E-state index in [0.717, 1.165) is 12.8 Å². The lowest BCUT2D eigenvalue weighted by molar-refractivity contribution is -0.139. The van der Waals surface area contributed by atoms with E-state index in [1.165, 1.54) is 0 Å². The molecule has 0 aromatic heterocycles. The number of nitrogens with two attached hydrogens (primary N) is 1. The van der Waals surface area contributed by atoms with Crippen LogP contribution in [0.3, 0.4) is 0 Å².